The minimum Gasteiger partial charge on any atom is -0.339 e. The maximum atomic E-state index is 12.5. The molecule has 0 N–H and O–H groups in total. The highest BCUT2D eigenvalue weighted by Crippen LogP contribution is 2.30. The van der Waals surface area contributed by atoms with Gasteiger partial charge in [-0.1, -0.05) is 18.5 Å². The smallest absolute Gasteiger partial charge is 0.254 e. The molecular formula is C15H18ClN3O. The van der Waals surface area contributed by atoms with Crippen molar-refractivity contribution >= 4 is 17.5 Å². The SMILES string of the molecule is CCc1cc(C(=O)N2CCC(C)(C#N)CC2)cc(Cl)n1. The molecule has 1 saturated heterocycles. The van der Waals surface area contributed by atoms with Crippen LogP contribution in [0.5, 0.6) is 0 Å². The van der Waals surface area contributed by atoms with Gasteiger partial charge in [0.15, 0.2) is 0 Å². The zero-order chi connectivity index (χ0) is 14.8. The molecule has 1 aliphatic heterocycles. The molecule has 4 nitrogen and oxygen atoms in total. The summed E-state index contributed by atoms with van der Waals surface area (Å²) in [6, 6.07) is 5.75. The van der Waals surface area contributed by atoms with E-state index in [-0.39, 0.29) is 11.3 Å². The Kier molecular flexibility index (Phi) is 4.29. The van der Waals surface area contributed by atoms with Gasteiger partial charge in [0.05, 0.1) is 11.5 Å². The summed E-state index contributed by atoms with van der Waals surface area (Å²) in [5, 5.41) is 9.47. The summed E-state index contributed by atoms with van der Waals surface area (Å²) in [5.41, 5.74) is 1.10. The first kappa shape index (κ1) is 14.8. The van der Waals surface area contributed by atoms with Crippen molar-refractivity contribution in [2.24, 2.45) is 5.41 Å². The molecule has 20 heavy (non-hydrogen) atoms. The molecule has 0 aromatic carbocycles. The summed E-state index contributed by atoms with van der Waals surface area (Å²) >= 11 is 5.95. The highest BCUT2D eigenvalue weighted by Gasteiger charge is 2.32. The number of nitriles is 1. The van der Waals surface area contributed by atoms with E-state index in [4.69, 9.17) is 16.9 Å². The molecule has 0 saturated carbocycles. The van der Waals surface area contributed by atoms with E-state index in [2.05, 4.69) is 11.1 Å². The van der Waals surface area contributed by atoms with Crippen LogP contribution >= 0.6 is 11.6 Å². The average Bonchev–Trinajstić information content (AvgIpc) is 2.46. The van der Waals surface area contributed by atoms with E-state index in [9.17, 15) is 4.79 Å². The topological polar surface area (TPSA) is 57.0 Å². The van der Waals surface area contributed by atoms with Crippen LogP contribution in [-0.2, 0) is 6.42 Å². The number of hydrogen-bond donors (Lipinski definition) is 0. The number of amides is 1. The quantitative estimate of drug-likeness (QED) is 0.787. The predicted molar refractivity (Wildman–Crippen MR) is 77.5 cm³/mol. The third kappa shape index (κ3) is 3.10. The van der Waals surface area contributed by atoms with Crippen molar-refractivity contribution < 1.29 is 4.79 Å². The molecule has 0 spiro atoms. The van der Waals surface area contributed by atoms with Crippen LogP contribution in [0.25, 0.3) is 0 Å². The number of halogens is 1. The number of rotatable bonds is 2. The van der Waals surface area contributed by atoms with Crippen molar-refractivity contribution in [3.63, 3.8) is 0 Å². The van der Waals surface area contributed by atoms with Crippen LogP contribution in [-0.4, -0.2) is 28.9 Å². The molecular weight excluding hydrogens is 274 g/mol. The Balaban J connectivity index is 2.13. The minimum absolute atomic E-state index is 0.0241. The van der Waals surface area contributed by atoms with Crippen LogP contribution in [0.3, 0.4) is 0 Å². The van der Waals surface area contributed by atoms with Crippen LogP contribution in [0.15, 0.2) is 12.1 Å². The number of carbonyl (C=O) groups is 1. The summed E-state index contributed by atoms with van der Waals surface area (Å²) in [7, 11) is 0. The van der Waals surface area contributed by atoms with Gasteiger partial charge in [-0.05, 0) is 38.3 Å². The Hall–Kier alpha value is -1.60. The summed E-state index contributed by atoms with van der Waals surface area (Å²) in [6.45, 7) is 5.16. The van der Waals surface area contributed by atoms with Crippen molar-refractivity contribution in [1.29, 1.82) is 5.26 Å². The average molecular weight is 292 g/mol. The first-order valence-electron chi connectivity index (χ1n) is 6.84. The van der Waals surface area contributed by atoms with E-state index in [1.165, 1.54) is 0 Å². The van der Waals surface area contributed by atoms with Gasteiger partial charge in [0.2, 0.25) is 0 Å². The number of aromatic nitrogens is 1. The molecule has 0 aliphatic carbocycles. The van der Waals surface area contributed by atoms with E-state index in [1.807, 2.05) is 13.8 Å². The maximum Gasteiger partial charge on any atom is 0.254 e. The van der Waals surface area contributed by atoms with Gasteiger partial charge in [-0.15, -0.1) is 0 Å². The first-order chi connectivity index (χ1) is 9.47. The van der Waals surface area contributed by atoms with Crippen molar-refractivity contribution in [2.75, 3.05) is 13.1 Å². The fourth-order valence-corrected chi connectivity index (χ4v) is 2.58. The third-order valence-corrected chi connectivity index (χ3v) is 4.07. The monoisotopic (exact) mass is 291 g/mol. The first-order valence-corrected chi connectivity index (χ1v) is 7.22. The van der Waals surface area contributed by atoms with Gasteiger partial charge in [0, 0.05) is 24.3 Å². The van der Waals surface area contributed by atoms with Gasteiger partial charge in [0.1, 0.15) is 5.15 Å². The van der Waals surface area contributed by atoms with Gasteiger partial charge in [0.25, 0.3) is 5.91 Å². The van der Waals surface area contributed by atoms with Gasteiger partial charge in [-0.2, -0.15) is 5.26 Å². The fraction of sp³-hybridized carbons (Fsp3) is 0.533. The fourth-order valence-electron chi connectivity index (χ4n) is 2.35. The Bertz CT molecular complexity index is 557. The lowest BCUT2D eigenvalue weighted by molar-refractivity contribution is 0.0661. The van der Waals surface area contributed by atoms with Gasteiger partial charge >= 0.3 is 0 Å². The van der Waals surface area contributed by atoms with E-state index in [1.54, 1.807) is 17.0 Å². The van der Waals surface area contributed by atoms with Crippen LogP contribution < -0.4 is 0 Å². The second kappa shape index (κ2) is 5.80. The zero-order valence-electron chi connectivity index (χ0n) is 11.8. The van der Waals surface area contributed by atoms with Gasteiger partial charge in [-0.3, -0.25) is 4.79 Å². The number of nitrogens with zero attached hydrogens (tertiary/aromatic N) is 3. The lowest BCUT2D eigenvalue weighted by Crippen LogP contribution is -2.41. The van der Waals surface area contributed by atoms with E-state index in [0.29, 0.717) is 36.6 Å². The van der Waals surface area contributed by atoms with E-state index in [0.717, 1.165) is 12.1 Å². The van der Waals surface area contributed by atoms with Crippen molar-refractivity contribution in [3.05, 3.63) is 28.5 Å². The van der Waals surface area contributed by atoms with E-state index < -0.39 is 0 Å². The molecule has 0 bridgehead atoms. The summed E-state index contributed by atoms with van der Waals surface area (Å²) in [4.78, 5) is 18.4. The normalized spacial score (nSPS) is 17.6. The molecule has 0 radical (unpaired) electrons. The molecule has 1 aromatic heterocycles. The Morgan fingerprint density at radius 1 is 1.50 bits per heavy atom. The molecule has 5 heteroatoms. The molecule has 106 valence electrons. The number of hydrogen-bond acceptors (Lipinski definition) is 3. The molecule has 1 aromatic rings. The maximum absolute atomic E-state index is 12.5. The standard InChI is InChI=1S/C15H18ClN3O/c1-3-12-8-11(9-13(16)18-12)14(20)19-6-4-15(2,10-17)5-7-19/h8-9H,3-7H2,1-2H3. The Labute approximate surface area is 124 Å². The van der Waals surface area contributed by atoms with Crippen molar-refractivity contribution in [3.8, 4) is 6.07 Å². The Morgan fingerprint density at radius 2 is 2.15 bits per heavy atom. The summed E-state index contributed by atoms with van der Waals surface area (Å²) in [6.07, 6.45) is 2.18. The van der Waals surface area contributed by atoms with Crippen molar-refractivity contribution in [2.45, 2.75) is 33.1 Å². The molecule has 0 unspecified atom stereocenters. The number of carbonyl (C=O) groups excluding carboxylic acids is 1. The van der Waals surface area contributed by atoms with E-state index >= 15 is 0 Å². The van der Waals surface area contributed by atoms with Crippen LogP contribution in [0.1, 0.15) is 42.7 Å². The molecule has 1 fully saturated rings. The van der Waals surface area contributed by atoms with Gasteiger partial charge in [-0.25, -0.2) is 4.98 Å². The molecule has 2 rings (SSSR count). The molecule has 0 atom stereocenters. The second-order valence-corrected chi connectivity index (χ2v) is 5.88. The Morgan fingerprint density at radius 3 is 2.70 bits per heavy atom. The van der Waals surface area contributed by atoms with Crippen molar-refractivity contribution in [1.82, 2.24) is 9.88 Å². The largest absolute Gasteiger partial charge is 0.339 e. The summed E-state index contributed by atoms with van der Waals surface area (Å²) < 4.78 is 0. The highest BCUT2D eigenvalue weighted by molar-refractivity contribution is 6.29. The van der Waals surface area contributed by atoms with Crippen LogP contribution in [0.2, 0.25) is 5.15 Å². The highest BCUT2D eigenvalue weighted by atomic mass is 35.5. The zero-order valence-corrected chi connectivity index (χ0v) is 12.6. The number of likely N-dealkylation sites (tertiary alicyclic amines) is 1. The van der Waals surface area contributed by atoms with Gasteiger partial charge < -0.3 is 4.90 Å². The van der Waals surface area contributed by atoms with Crippen LogP contribution in [0.4, 0.5) is 0 Å². The number of pyridine rings is 1. The number of aryl methyl sites for hydroxylation is 1. The molecule has 2 heterocycles. The lowest BCUT2D eigenvalue weighted by Gasteiger charge is -2.35. The third-order valence-electron chi connectivity index (χ3n) is 3.88. The lowest BCUT2D eigenvalue weighted by atomic mass is 9.82. The van der Waals surface area contributed by atoms with Crippen LogP contribution in [0, 0.1) is 16.7 Å². The molecule has 1 amide bonds. The predicted octanol–water partition coefficient (Wildman–Crippen LogP) is 3.06. The minimum atomic E-state index is -0.304. The second-order valence-electron chi connectivity index (χ2n) is 5.49. The number of piperidine rings is 1. The molecule has 1 aliphatic rings. The summed E-state index contributed by atoms with van der Waals surface area (Å²) in [5.74, 6) is -0.0241.